The van der Waals surface area contributed by atoms with Crippen LogP contribution >= 0.6 is 11.6 Å². The zero-order chi connectivity index (χ0) is 17.1. The van der Waals surface area contributed by atoms with E-state index < -0.39 is 0 Å². The summed E-state index contributed by atoms with van der Waals surface area (Å²) >= 11 is 6.27. The minimum Gasteiger partial charge on any atom is -0.377 e. The van der Waals surface area contributed by atoms with E-state index >= 15 is 0 Å². The second-order valence-electron chi connectivity index (χ2n) is 5.75. The number of benzene rings is 1. The molecule has 1 N–H and O–H groups in total. The summed E-state index contributed by atoms with van der Waals surface area (Å²) < 4.78 is 11.1. The molecule has 1 aromatic rings. The van der Waals surface area contributed by atoms with Gasteiger partial charge in [0.2, 0.25) is 11.8 Å². The minimum absolute atomic E-state index is 0.0279. The molecule has 128 valence electrons. The van der Waals surface area contributed by atoms with Crippen LogP contribution in [-0.2, 0) is 19.1 Å². The standard InChI is InChI=1S/C17H19ClN2O4/c1-2-17(22)20-3-4-23-9-14(20)11-5-12(7-13(18)6-11)15-8-19-16(21)10-24-15/h2,5-7,14-15H,1,3-4,8-10H2,(H,19,21)/t14-,15?/m0/s1. The summed E-state index contributed by atoms with van der Waals surface area (Å²) in [4.78, 5) is 25.1. The minimum atomic E-state index is -0.256. The number of rotatable bonds is 3. The van der Waals surface area contributed by atoms with Crippen LogP contribution in [0.25, 0.3) is 0 Å². The van der Waals surface area contributed by atoms with E-state index in [1.807, 2.05) is 18.2 Å². The number of hydrogen-bond donors (Lipinski definition) is 1. The van der Waals surface area contributed by atoms with E-state index in [2.05, 4.69) is 11.9 Å². The molecule has 6 nitrogen and oxygen atoms in total. The van der Waals surface area contributed by atoms with E-state index in [1.54, 1.807) is 4.90 Å². The first kappa shape index (κ1) is 17.0. The summed E-state index contributed by atoms with van der Waals surface area (Å²) in [5.74, 6) is -0.261. The number of ether oxygens (including phenoxy) is 2. The van der Waals surface area contributed by atoms with Crippen molar-refractivity contribution in [3.63, 3.8) is 0 Å². The molecule has 2 amide bonds. The van der Waals surface area contributed by atoms with Crippen molar-refractivity contribution in [3.05, 3.63) is 47.0 Å². The molecule has 1 unspecified atom stereocenters. The molecule has 0 radical (unpaired) electrons. The largest absolute Gasteiger partial charge is 0.377 e. The molecule has 0 saturated carbocycles. The summed E-state index contributed by atoms with van der Waals surface area (Å²) in [7, 11) is 0. The van der Waals surface area contributed by atoms with E-state index in [0.717, 1.165) is 11.1 Å². The van der Waals surface area contributed by atoms with E-state index in [-0.39, 0.29) is 30.6 Å². The number of halogens is 1. The zero-order valence-corrected chi connectivity index (χ0v) is 13.9. The van der Waals surface area contributed by atoms with Crippen LogP contribution in [-0.4, -0.2) is 49.6 Å². The van der Waals surface area contributed by atoms with E-state index in [0.29, 0.717) is 31.3 Å². The highest BCUT2D eigenvalue weighted by Crippen LogP contribution is 2.31. The van der Waals surface area contributed by atoms with E-state index in [4.69, 9.17) is 21.1 Å². The van der Waals surface area contributed by atoms with Gasteiger partial charge in [-0.2, -0.15) is 0 Å². The first-order chi connectivity index (χ1) is 11.6. The average Bonchev–Trinajstić information content (AvgIpc) is 2.61. The molecule has 24 heavy (non-hydrogen) atoms. The van der Waals surface area contributed by atoms with Gasteiger partial charge in [-0.15, -0.1) is 0 Å². The van der Waals surface area contributed by atoms with Crippen molar-refractivity contribution < 1.29 is 19.1 Å². The first-order valence-corrected chi connectivity index (χ1v) is 8.15. The Morgan fingerprint density at radius 1 is 1.38 bits per heavy atom. The van der Waals surface area contributed by atoms with Crippen LogP contribution in [0.15, 0.2) is 30.9 Å². The highest BCUT2D eigenvalue weighted by molar-refractivity contribution is 6.30. The highest BCUT2D eigenvalue weighted by Gasteiger charge is 2.29. The molecular formula is C17H19ClN2O4. The fourth-order valence-corrected chi connectivity index (χ4v) is 3.23. The Labute approximate surface area is 145 Å². The molecule has 3 rings (SSSR count). The van der Waals surface area contributed by atoms with Crippen LogP contribution in [0, 0.1) is 0 Å². The summed E-state index contributed by atoms with van der Waals surface area (Å²) in [5.41, 5.74) is 1.75. The summed E-state index contributed by atoms with van der Waals surface area (Å²) in [6.07, 6.45) is 1.05. The lowest BCUT2D eigenvalue weighted by atomic mass is 9.99. The molecular weight excluding hydrogens is 332 g/mol. The van der Waals surface area contributed by atoms with Gasteiger partial charge in [-0.05, 0) is 29.3 Å². The number of nitrogens with one attached hydrogen (secondary N) is 1. The molecule has 2 atom stereocenters. The fourth-order valence-electron chi connectivity index (χ4n) is 2.98. The third-order valence-electron chi connectivity index (χ3n) is 4.19. The van der Waals surface area contributed by atoms with E-state index in [9.17, 15) is 9.59 Å². The van der Waals surface area contributed by atoms with Gasteiger partial charge in [-0.25, -0.2) is 0 Å². The second kappa shape index (κ2) is 7.34. The van der Waals surface area contributed by atoms with Gasteiger partial charge in [0.25, 0.3) is 0 Å². The van der Waals surface area contributed by atoms with Gasteiger partial charge in [-0.3, -0.25) is 9.59 Å². The van der Waals surface area contributed by atoms with Crippen LogP contribution in [0.2, 0.25) is 5.02 Å². The number of hydrogen-bond acceptors (Lipinski definition) is 4. The Bertz CT molecular complexity index is 654. The van der Waals surface area contributed by atoms with Gasteiger partial charge in [0, 0.05) is 18.1 Å². The Hall–Kier alpha value is -1.89. The topological polar surface area (TPSA) is 67.9 Å². The van der Waals surface area contributed by atoms with Crippen LogP contribution in [0.4, 0.5) is 0 Å². The van der Waals surface area contributed by atoms with Gasteiger partial charge in [0.1, 0.15) is 12.7 Å². The van der Waals surface area contributed by atoms with Crippen LogP contribution in [0.3, 0.4) is 0 Å². The molecule has 0 aliphatic carbocycles. The van der Waals surface area contributed by atoms with Crippen molar-refractivity contribution in [3.8, 4) is 0 Å². The zero-order valence-electron chi connectivity index (χ0n) is 13.2. The quantitative estimate of drug-likeness (QED) is 0.841. The third kappa shape index (κ3) is 3.61. The molecule has 2 aliphatic rings. The number of carbonyl (C=O) groups excluding carboxylic acids is 2. The van der Waals surface area contributed by atoms with Gasteiger partial charge in [-0.1, -0.05) is 24.2 Å². The normalized spacial score (nSPS) is 24.4. The number of morpholine rings is 2. The maximum Gasteiger partial charge on any atom is 0.246 e. The predicted octanol–water partition coefficient (Wildman–Crippen LogP) is 1.61. The lowest BCUT2D eigenvalue weighted by molar-refractivity contribution is -0.135. The molecule has 2 heterocycles. The van der Waals surface area contributed by atoms with Crippen LogP contribution in [0.5, 0.6) is 0 Å². The Morgan fingerprint density at radius 3 is 2.88 bits per heavy atom. The SMILES string of the molecule is C=CC(=O)N1CCOC[C@H]1c1cc(Cl)cc(C2CNC(=O)CO2)c1. The van der Waals surface area contributed by atoms with Crippen molar-refractivity contribution in [2.24, 2.45) is 0 Å². The van der Waals surface area contributed by atoms with Crippen molar-refractivity contribution in [2.75, 3.05) is 32.9 Å². The van der Waals surface area contributed by atoms with Gasteiger partial charge >= 0.3 is 0 Å². The number of amides is 2. The Morgan fingerprint density at radius 2 is 2.17 bits per heavy atom. The van der Waals surface area contributed by atoms with Gasteiger partial charge in [0.05, 0.1) is 19.3 Å². The Balaban J connectivity index is 1.88. The second-order valence-corrected chi connectivity index (χ2v) is 6.18. The van der Waals surface area contributed by atoms with Crippen LogP contribution < -0.4 is 5.32 Å². The fraction of sp³-hybridized carbons (Fsp3) is 0.412. The van der Waals surface area contributed by atoms with Crippen molar-refractivity contribution in [2.45, 2.75) is 12.1 Å². The molecule has 7 heteroatoms. The first-order valence-electron chi connectivity index (χ1n) is 7.78. The van der Waals surface area contributed by atoms with Crippen LogP contribution in [0.1, 0.15) is 23.3 Å². The molecule has 0 aromatic heterocycles. The van der Waals surface area contributed by atoms with Gasteiger partial charge in [0.15, 0.2) is 0 Å². The summed E-state index contributed by atoms with van der Waals surface area (Å²) in [6.45, 7) is 5.40. The molecule has 0 spiro atoms. The molecule has 0 bridgehead atoms. The number of carbonyl (C=O) groups is 2. The molecule has 2 saturated heterocycles. The number of nitrogens with zero attached hydrogens (tertiary/aromatic N) is 1. The lowest BCUT2D eigenvalue weighted by Gasteiger charge is -2.36. The monoisotopic (exact) mass is 350 g/mol. The highest BCUT2D eigenvalue weighted by atomic mass is 35.5. The Kier molecular flexibility index (Phi) is 5.18. The molecule has 1 aromatic carbocycles. The summed E-state index contributed by atoms with van der Waals surface area (Å²) in [5, 5.41) is 3.33. The lowest BCUT2D eigenvalue weighted by Crippen LogP contribution is -2.42. The summed E-state index contributed by atoms with van der Waals surface area (Å²) in [6, 6.07) is 5.38. The van der Waals surface area contributed by atoms with E-state index in [1.165, 1.54) is 6.08 Å². The predicted molar refractivity (Wildman–Crippen MR) is 88.6 cm³/mol. The third-order valence-corrected chi connectivity index (χ3v) is 4.40. The molecule has 2 aliphatic heterocycles. The smallest absolute Gasteiger partial charge is 0.246 e. The van der Waals surface area contributed by atoms with Crippen molar-refractivity contribution >= 4 is 23.4 Å². The average molecular weight is 351 g/mol. The maximum absolute atomic E-state index is 12.1. The molecule has 2 fully saturated rings. The van der Waals surface area contributed by atoms with Crippen molar-refractivity contribution in [1.82, 2.24) is 10.2 Å². The maximum atomic E-state index is 12.1. The van der Waals surface area contributed by atoms with Crippen molar-refractivity contribution in [1.29, 1.82) is 0 Å². The van der Waals surface area contributed by atoms with Gasteiger partial charge < -0.3 is 19.7 Å².